The van der Waals surface area contributed by atoms with Crippen LogP contribution in [0.25, 0.3) is 0 Å². The van der Waals surface area contributed by atoms with Crippen molar-refractivity contribution < 1.29 is 4.39 Å². The highest BCUT2D eigenvalue weighted by molar-refractivity contribution is 6.31. The summed E-state index contributed by atoms with van der Waals surface area (Å²) in [6.07, 6.45) is 2.33. The SMILES string of the molecule is NC1N=CC=NC1(N)Cc1c(F)cccc1Cl. The van der Waals surface area contributed by atoms with Crippen LogP contribution in [0.4, 0.5) is 4.39 Å². The van der Waals surface area contributed by atoms with Crippen LogP contribution in [-0.4, -0.2) is 24.3 Å². The second kappa shape index (κ2) is 4.52. The van der Waals surface area contributed by atoms with E-state index in [4.69, 9.17) is 23.1 Å². The summed E-state index contributed by atoms with van der Waals surface area (Å²) in [5.41, 5.74) is 10.9. The minimum Gasteiger partial charge on any atom is -0.307 e. The first-order valence-corrected chi connectivity index (χ1v) is 5.45. The van der Waals surface area contributed by atoms with Gasteiger partial charge < -0.3 is 11.5 Å². The van der Waals surface area contributed by atoms with E-state index in [-0.39, 0.29) is 6.42 Å². The highest BCUT2D eigenvalue weighted by Crippen LogP contribution is 2.25. The fourth-order valence-electron chi connectivity index (χ4n) is 1.64. The van der Waals surface area contributed by atoms with E-state index in [1.807, 2.05) is 0 Å². The summed E-state index contributed by atoms with van der Waals surface area (Å²) in [7, 11) is 0. The minimum absolute atomic E-state index is 0.105. The van der Waals surface area contributed by atoms with Gasteiger partial charge in [-0.2, -0.15) is 0 Å². The molecule has 4 N–H and O–H groups in total. The molecule has 0 saturated carbocycles. The molecule has 0 aromatic heterocycles. The molecule has 0 spiro atoms. The van der Waals surface area contributed by atoms with Gasteiger partial charge >= 0.3 is 0 Å². The van der Waals surface area contributed by atoms with Gasteiger partial charge in [0.15, 0.2) is 0 Å². The molecule has 0 amide bonds. The Morgan fingerprint density at radius 3 is 2.82 bits per heavy atom. The first kappa shape index (κ1) is 12.2. The maximum atomic E-state index is 13.6. The largest absolute Gasteiger partial charge is 0.307 e. The predicted octanol–water partition coefficient (Wildman–Crippen LogP) is 1.12. The van der Waals surface area contributed by atoms with Crippen LogP contribution in [0.5, 0.6) is 0 Å². The zero-order valence-electron chi connectivity index (χ0n) is 8.98. The monoisotopic (exact) mass is 254 g/mol. The lowest BCUT2D eigenvalue weighted by Gasteiger charge is -2.30. The summed E-state index contributed by atoms with van der Waals surface area (Å²) >= 11 is 5.93. The third-order valence-corrected chi connectivity index (χ3v) is 3.02. The number of nitrogens with two attached hydrogens (primary N) is 2. The molecule has 2 rings (SSSR count). The highest BCUT2D eigenvalue weighted by atomic mass is 35.5. The van der Waals surface area contributed by atoms with Crippen molar-refractivity contribution in [3.63, 3.8) is 0 Å². The molecular formula is C11H12ClFN4. The van der Waals surface area contributed by atoms with Crippen LogP contribution in [0, 0.1) is 5.82 Å². The standard InChI is InChI=1S/C11H12ClFN4/c12-8-2-1-3-9(13)7(8)6-11(15)10(14)16-4-5-17-11/h1-5,10H,6,14-15H2. The Labute approximate surface area is 103 Å². The number of benzene rings is 1. The maximum Gasteiger partial charge on any atom is 0.148 e. The molecule has 17 heavy (non-hydrogen) atoms. The number of rotatable bonds is 2. The summed E-state index contributed by atoms with van der Waals surface area (Å²) in [5.74, 6) is -0.417. The lowest BCUT2D eigenvalue weighted by molar-refractivity contribution is 0.358. The molecule has 1 aromatic carbocycles. The quantitative estimate of drug-likeness (QED) is 0.830. The Morgan fingerprint density at radius 2 is 2.18 bits per heavy atom. The van der Waals surface area contributed by atoms with E-state index in [9.17, 15) is 4.39 Å². The first-order chi connectivity index (χ1) is 8.03. The Morgan fingerprint density at radius 1 is 1.41 bits per heavy atom. The second-order valence-corrected chi connectivity index (χ2v) is 4.30. The molecule has 1 heterocycles. The average molecular weight is 255 g/mol. The van der Waals surface area contributed by atoms with Crippen LogP contribution >= 0.6 is 11.6 Å². The third-order valence-electron chi connectivity index (χ3n) is 2.66. The summed E-state index contributed by atoms with van der Waals surface area (Å²) in [6.45, 7) is 0. The lowest BCUT2D eigenvalue weighted by atomic mass is 9.97. The van der Waals surface area contributed by atoms with Crippen molar-refractivity contribution in [3.8, 4) is 0 Å². The number of hydrogen-bond donors (Lipinski definition) is 2. The summed E-state index contributed by atoms with van der Waals surface area (Å²) in [6, 6.07) is 4.46. The zero-order chi connectivity index (χ0) is 12.5. The van der Waals surface area contributed by atoms with Crippen molar-refractivity contribution in [2.75, 3.05) is 0 Å². The topological polar surface area (TPSA) is 76.8 Å². The second-order valence-electron chi connectivity index (χ2n) is 3.89. The van der Waals surface area contributed by atoms with Crippen molar-refractivity contribution in [1.29, 1.82) is 0 Å². The number of halogens is 2. The summed E-state index contributed by atoms with van der Waals surface area (Å²) in [5, 5.41) is 0.312. The van der Waals surface area contributed by atoms with E-state index < -0.39 is 17.6 Å². The molecular weight excluding hydrogens is 243 g/mol. The highest BCUT2D eigenvalue weighted by Gasteiger charge is 2.34. The van der Waals surface area contributed by atoms with Crippen molar-refractivity contribution >= 4 is 24.0 Å². The minimum atomic E-state index is -1.15. The first-order valence-electron chi connectivity index (χ1n) is 5.07. The normalized spacial score (nSPS) is 27.4. The van der Waals surface area contributed by atoms with E-state index >= 15 is 0 Å². The molecule has 1 aliphatic rings. The van der Waals surface area contributed by atoms with Gasteiger partial charge in [0.05, 0.1) is 0 Å². The molecule has 2 unspecified atom stereocenters. The molecule has 2 atom stereocenters. The molecule has 0 saturated heterocycles. The fourth-order valence-corrected chi connectivity index (χ4v) is 1.87. The van der Waals surface area contributed by atoms with E-state index in [0.29, 0.717) is 10.6 Å². The van der Waals surface area contributed by atoms with Gasteiger partial charge in [-0.15, -0.1) is 0 Å². The predicted molar refractivity (Wildman–Crippen MR) is 67.0 cm³/mol. The van der Waals surface area contributed by atoms with Crippen LogP contribution in [0.15, 0.2) is 28.2 Å². The lowest BCUT2D eigenvalue weighted by Crippen LogP contribution is -2.56. The Balaban J connectivity index is 2.32. The van der Waals surface area contributed by atoms with E-state index in [0.717, 1.165) is 0 Å². The van der Waals surface area contributed by atoms with Gasteiger partial charge in [-0.3, -0.25) is 9.98 Å². The average Bonchev–Trinajstić information content (AvgIpc) is 2.28. The van der Waals surface area contributed by atoms with E-state index in [2.05, 4.69) is 9.98 Å². The zero-order valence-corrected chi connectivity index (χ0v) is 9.73. The van der Waals surface area contributed by atoms with Crippen LogP contribution in [-0.2, 0) is 6.42 Å². The van der Waals surface area contributed by atoms with E-state index in [1.165, 1.54) is 24.6 Å². The van der Waals surface area contributed by atoms with Crippen LogP contribution in [0.2, 0.25) is 5.02 Å². The van der Waals surface area contributed by atoms with Gasteiger partial charge in [-0.1, -0.05) is 17.7 Å². The Bertz CT molecular complexity index is 468. The van der Waals surface area contributed by atoms with Crippen LogP contribution < -0.4 is 11.5 Å². The number of hydrogen-bond acceptors (Lipinski definition) is 4. The molecule has 0 radical (unpaired) electrons. The number of aliphatic imine (C=N–C) groups is 2. The Hall–Kier alpha value is -1.30. The molecule has 0 bridgehead atoms. The maximum absolute atomic E-state index is 13.6. The molecule has 1 aliphatic heterocycles. The fraction of sp³-hybridized carbons (Fsp3) is 0.273. The third kappa shape index (κ3) is 2.36. The van der Waals surface area contributed by atoms with Gasteiger partial charge in [-0.05, 0) is 12.1 Å². The van der Waals surface area contributed by atoms with Crippen molar-refractivity contribution in [2.45, 2.75) is 18.2 Å². The van der Waals surface area contributed by atoms with Crippen LogP contribution in [0.1, 0.15) is 5.56 Å². The van der Waals surface area contributed by atoms with Gasteiger partial charge in [0.1, 0.15) is 17.6 Å². The van der Waals surface area contributed by atoms with Gasteiger partial charge in [0.25, 0.3) is 0 Å². The summed E-state index contributed by atoms with van der Waals surface area (Å²) in [4.78, 5) is 8.02. The van der Waals surface area contributed by atoms with Crippen molar-refractivity contribution in [2.24, 2.45) is 21.5 Å². The van der Waals surface area contributed by atoms with Crippen molar-refractivity contribution in [3.05, 3.63) is 34.6 Å². The molecule has 1 aromatic rings. The molecule has 90 valence electrons. The Kier molecular flexibility index (Phi) is 3.24. The molecule has 6 heteroatoms. The van der Waals surface area contributed by atoms with Gasteiger partial charge in [0.2, 0.25) is 0 Å². The number of nitrogens with zero attached hydrogens (tertiary/aromatic N) is 2. The molecule has 0 aliphatic carbocycles. The summed E-state index contributed by atoms with van der Waals surface area (Å²) < 4.78 is 13.6. The molecule has 4 nitrogen and oxygen atoms in total. The van der Waals surface area contributed by atoms with Crippen molar-refractivity contribution in [1.82, 2.24) is 0 Å². The smallest absolute Gasteiger partial charge is 0.148 e. The molecule has 0 fully saturated rings. The van der Waals surface area contributed by atoms with Crippen LogP contribution in [0.3, 0.4) is 0 Å². The van der Waals surface area contributed by atoms with Gasteiger partial charge in [-0.25, -0.2) is 4.39 Å². The van der Waals surface area contributed by atoms with E-state index in [1.54, 1.807) is 6.07 Å². The van der Waals surface area contributed by atoms with Gasteiger partial charge in [0, 0.05) is 29.4 Å².